The quantitative estimate of drug-likeness (QED) is 0.826. The molecule has 1 aromatic carbocycles. The summed E-state index contributed by atoms with van der Waals surface area (Å²) in [6.45, 7) is 4.33. The molecule has 19 heavy (non-hydrogen) atoms. The highest BCUT2D eigenvalue weighted by Gasteiger charge is 2.10. The molecule has 0 bridgehead atoms. The maximum atomic E-state index is 5.72. The molecule has 0 unspecified atom stereocenters. The van der Waals surface area contributed by atoms with Crippen LogP contribution in [0.15, 0.2) is 22.6 Å². The number of hydrogen-bond acceptors (Lipinski definition) is 5. The fraction of sp³-hybridized carbons (Fsp3) is 0.500. The average molecular weight is 260 g/mol. The van der Waals surface area contributed by atoms with Gasteiger partial charge in [-0.15, -0.1) is 0 Å². The number of nitrogens with two attached hydrogens (primary N) is 1. The number of piperidine rings is 1. The Morgan fingerprint density at radius 3 is 2.95 bits per heavy atom. The number of benzene rings is 1. The van der Waals surface area contributed by atoms with Crippen LogP contribution in [0.2, 0.25) is 0 Å². The molecule has 0 spiro atoms. The van der Waals surface area contributed by atoms with Crippen LogP contribution in [0.1, 0.15) is 19.3 Å². The number of likely N-dealkylation sites (tertiary alicyclic amines) is 1. The molecule has 5 nitrogen and oxygen atoms in total. The van der Waals surface area contributed by atoms with Gasteiger partial charge in [-0.3, -0.25) is 0 Å². The first-order valence-electron chi connectivity index (χ1n) is 6.93. The van der Waals surface area contributed by atoms with Gasteiger partial charge in [0.15, 0.2) is 5.58 Å². The molecular formula is C14H20N4O. The number of anilines is 2. The summed E-state index contributed by atoms with van der Waals surface area (Å²) >= 11 is 0. The van der Waals surface area contributed by atoms with Gasteiger partial charge in [0.25, 0.3) is 6.01 Å². The van der Waals surface area contributed by atoms with Crippen LogP contribution in [-0.4, -0.2) is 36.1 Å². The van der Waals surface area contributed by atoms with Crippen LogP contribution in [-0.2, 0) is 0 Å². The van der Waals surface area contributed by atoms with E-state index in [0.29, 0.717) is 11.7 Å². The van der Waals surface area contributed by atoms with Crippen molar-refractivity contribution in [1.29, 1.82) is 0 Å². The van der Waals surface area contributed by atoms with E-state index >= 15 is 0 Å². The van der Waals surface area contributed by atoms with Gasteiger partial charge in [0.2, 0.25) is 0 Å². The summed E-state index contributed by atoms with van der Waals surface area (Å²) < 4.78 is 5.62. The Balaban J connectivity index is 1.56. The Labute approximate surface area is 112 Å². The molecule has 3 rings (SSSR count). The Hall–Kier alpha value is -1.75. The van der Waals surface area contributed by atoms with Crippen molar-refractivity contribution in [1.82, 2.24) is 9.88 Å². The number of rotatable bonds is 4. The highest BCUT2D eigenvalue weighted by atomic mass is 16.4. The Kier molecular flexibility index (Phi) is 3.55. The summed E-state index contributed by atoms with van der Waals surface area (Å²) in [5.74, 6) is 0. The van der Waals surface area contributed by atoms with Gasteiger partial charge in [0.05, 0.1) is 0 Å². The lowest BCUT2D eigenvalue weighted by atomic mass is 10.1. The molecule has 2 heterocycles. The predicted octanol–water partition coefficient (Wildman–Crippen LogP) is 2.31. The largest absolute Gasteiger partial charge is 0.424 e. The third kappa shape index (κ3) is 2.98. The van der Waals surface area contributed by atoms with Crippen molar-refractivity contribution in [3.05, 3.63) is 18.2 Å². The van der Waals surface area contributed by atoms with Gasteiger partial charge < -0.3 is 20.4 Å². The third-order valence-corrected chi connectivity index (χ3v) is 3.56. The van der Waals surface area contributed by atoms with Crippen molar-refractivity contribution in [2.75, 3.05) is 37.2 Å². The molecule has 1 aliphatic heterocycles. The Morgan fingerprint density at radius 2 is 2.11 bits per heavy atom. The van der Waals surface area contributed by atoms with Crippen molar-refractivity contribution in [2.45, 2.75) is 19.3 Å². The molecule has 0 radical (unpaired) electrons. The Bertz CT molecular complexity index is 545. The van der Waals surface area contributed by atoms with Crippen LogP contribution in [0.5, 0.6) is 0 Å². The van der Waals surface area contributed by atoms with Crippen molar-refractivity contribution < 1.29 is 4.42 Å². The van der Waals surface area contributed by atoms with Gasteiger partial charge in [-0.2, -0.15) is 4.98 Å². The first kappa shape index (κ1) is 12.3. The average Bonchev–Trinajstić information content (AvgIpc) is 2.82. The molecule has 5 heteroatoms. The zero-order valence-electron chi connectivity index (χ0n) is 11.1. The van der Waals surface area contributed by atoms with Crippen LogP contribution in [0.3, 0.4) is 0 Å². The van der Waals surface area contributed by atoms with Crippen LogP contribution in [0.25, 0.3) is 11.1 Å². The summed E-state index contributed by atoms with van der Waals surface area (Å²) in [7, 11) is 0. The predicted molar refractivity (Wildman–Crippen MR) is 77.2 cm³/mol. The van der Waals surface area contributed by atoms with Gasteiger partial charge in [-0.1, -0.05) is 6.42 Å². The maximum absolute atomic E-state index is 5.72. The van der Waals surface area contributed by atoms with E-state index in [4.69, 9.17) is 10.2 Å². The van der Waals surface area contributed by atoms with E-state index in [2.05, 4.69) is 15.2 Å². The number of nitrogen functional groups attached to an aromatic ring is 1. The summed E-state index contributed by atoms with van der Waals surface area (Å²) in [6.07, 6.45) is 4.01. The molecule has 1 fully saturated rings. The fourth-order valence-corrected chi connectivity index (χ4v) is 2.52. The summed E-state index contributed by atoms with van der Waals surface area (Å²) in [5.41, 5.74) is 8.01. The van der Waals surface area contributed by atoms with Gasteiger partial charge in [0.1, 0.15) is 5.52 Å². The SMILES string of the molecule is Nc1ccc2oc(NCCN3CCCCC3)nc2c1. The van der Waals surface area contributed by atoms with Crippen molar-refractivity contribution >= 4 is 22.8 Å². The van der Waals surface area contributed by atoms with E-state index in [9.17, 15) is 0 Å². The van der Waals surface area contributed by atoms with Crippen LogP contribution < -0.4 is 11.1 Å². The second-order valence-electron chi connectivity index (χ2n) is 5.08. The maximum Gasteiger partial charge on any atom is 0.295 e. The number of oxazole rings is 1. The number of nitrogens with zero attached hydrogens (tertiary/aromatic N) is 2. The summed E-state index contributed by atoms with van der Waals surface area (Å²) in [5, 5.41) is 3.24. The first-order chi connectivity index (χ1) is 9.31. The Morgan fingerprint density at radius 1 is 1.26 bits per heavy atom. The monoisotopic (exact) mass is 260 g/mol. The lowest BCUT2D eigenvalue weighted by Crippen LogP contribution is -2.33. The molecular weight excluding hydrogens is 240 g/mol. The van der Waals surface area contributed by atoms with Gasteiger partial charge in [-0.25, -0.2) is 0 Å². The van der Waals surface area contributed by atoms with E-state index in [1.165, 1.54) is 32.4 Å². The van der Waals surface area contributed by atoms with Crippen LogP contribution >= 0.6 is 0 Å². The minimum atomic E-state index is 0.581. The molecule has 1 saturated heterocycles. The van der Waals surface area contributed by atoms with Crippen LogP contribution in [0, 0.1) is 0 Å². The molecule has 3 N–H and O–H groups in total. The number of aromatic nitrogens is 1. The number of fused-ring (bicyclic) bond motifs is 1. The van der Waals surface area contributed by atoms with E-state index in [1.54, 1.807) is 0 Å². The molecule has 1 aromatic heterocycles. The van der Waals surface area contributed by atoms with Gasteiger partial charge in [0, 0.05) is 18.8 Å². The van der Waals surface area contributed by atoms with E-state index < -0.39 is 0 Å². The van der Waals surface area contributed by atoms with Gasteiger partial charge >= 0.3 is 0 Å². The first-order valence-corrected chi connectivity index (χ1v) is 6.93. The minimum absolute atomic E-state index is 0.581. The second kappa shape index (κ2) is 5.48. The summed E-state index contributed by atoms with van der Waals surface area (Å²) in [6, 6.07) is 6.09. The lowest BCUT2D eigenvalue weighted by molar-refractivity contribution is 0.236. The number of nitrogens with one attached hydrogen (secondary N) is 1. The number of hydrogen-bond donors (Lipinski definition) is 2. The molecule has 0 atom stereocenters. The smallest absolute Gasteiger partial charge is 0.295 e. The minimum Gasteiger partial charge on any atom is -0.424 e. The van der Waals surface area contributed by atoms with E-state index in [0.717, 1.165) is 24.2 Å². The van der Waals surface area contributed by atoms with E-state index in [-0.39, 0.29) is 0 Å². The second-order valence-corrected chi connectivity index (χ2v) is 5.08. The zero-order valence-corrected chi connectivity index (χ0v) is 11.1. The lowest BCUT2D eigenvalue weighted by Gasteiger charge is -2.26. The highest BCUT2D eigenvalue weighted by Crippen LogP contribution is 2.20. The van der Waals surface area contributed by atoms with Crippen molar-refractivity contribution in [2.24, 2.45) is 0 Å². The zero-order chi connectivity index (χ0) is 13.1. The molecule has 0 amide bonds. The molecule has 0 aliphatic carbocycles. The standard InChI is InChI=1S/C14H20N4O/c15-11-4-5-13-12(10-11)17-14(19-13)16-6-9-18-7-2-1-3-8-18/h4-5,10H,1-3,6-9,15H2,(H,16,17). The molecule has 1 aliphatic rings. The topological polar surface area (TPSA) is 67.3 Å². The molecule has 102 valence electrons. The fourth-order valence-electron chi connectivity index (χ4n) is 2.52. The van der Waals surface area contributed by atoms with Gasteiger partial charge in [-0.05, 0) is 44.1 Å². The normalized spacial score (nSPS) is 16.8. The third-order valence-electron chi connectivity index (χ3n) is 3.56. The van der Waals surface area contributed by atoms with E-state index in [1.807, 2.05) is 18.2 Å². The van der Waals surface area contributed by atoms with Crippen molar-refractivity contribution in [3.8, 4) is 0 Å². The molecule has 2 aromatic rings. The highest BCUT2D eigenvalue weighted by molar-refractivity contribution is 5.78. The van der Waals surface area contributed by atoms with Crippen molar-refractivity contribution in [3.63, 3.8) is 0 Å². The summed E-state index contributed by atoms with van der Waals surface area (Å²) in [4.78, 5) is 6.86. The van der Waals surface area contributed by atoms with Crippen LogP contribution in [0.4, 0.5) is 11.7 Å². The molecule has 0 saturated carbocycles.